The van der Waals surface area contributed by atoms with Gasteiger partial charge in [0.25, 0.3) is 5.56 Å². The van der Waals surface area contributed by atoms with Gasteiger partial charge in [0.05, 0.1) is 11.7 Å². The van der Waals surface area contributed by atoms with Crippen molar-refractivity contribution in [2.75, 3.05) is 0 Å². The van der Waals surface area contributed by atoms with Crippen LogP contribution in [0.5, 0.6) is 0 Å². The quantitative estimate of drug-likeness (QED) is 0.518. The van der Waals surface area contributed by atoms with Gasteiger partial charge in [0, 0.05) is 12.6 Å². The average Bonchev–Trinajstić information content (AvgIpc) is 2.95. The molecule has 0 amide bonds. The molecule has 8 heteroatoms. The SMILES string of the molecule is Cc1c(C(=O)OC(C)C(=O)c2ccc(F)cc2)sc2ncn(C)c(=O)c12. The number of fused-ring (bicyclic) bond motifs is 1. The number of rotatable bonds is 4. The second-order valence-electron chi connectivity index (χ2n) is 5.82. The van der Waals surface area contributed by atoms with E-state index in [1.807, 2.05) is 0 Å². The minimum absolute atomic E-state index is 0.231. The number of thiophene rings is 1. The second kappa shape index (κ2) is 6.80. The molecular formula is C18H15FN2O4S. The normalized spacial score (nSPS) is 12.2. The van der Waals surface area contributed by atoms with Crippen LogP contribution >= 0.6 is 11.3 Å². The summed E-state index contributed by atoms with van der Waals surface area (Å²) in [6.45, 7) is 3.09. The summed E-state index contributed by atoms with van der Waals surface area (Å²) in [6.07, 6.45) is 0.338. The summed E-state index contributed by atoms with van der Waals surface area (Å²) in [5.41, 5.74) is 0.471. The Balaban J connectivity index is 1.86. The van der Waals surface area contributed by atoms with Crippen LogP contribution in [0.15, 0.2) is 35.4 Å². The Morgan fingerprint density at radius 3 is 2.58 bits per heavy atom. The third-order valence-corrected chi connectivity index (χ3v) is 5.16. The van der Waals surface area contributed by atoms with Gasteiger partial charge in [-0.2, -0.15) is 0 Å². The number of aromatic nitrogens is 2. The van der Waals surface area contributed by atoms with E-state index < -0.39 is 23.7 Å². The zero-order valence-corrected chi connectivity index (χ0v) is 15.1. The number of nitrogens with zero attached hydrogens (tertiary/aromatic N) is 2. The lowest BCUT2D eigenvalue weighted by Gasteiger charge is -2.12. The van der Waals surface area contributed by atoms with Crippen molar-refractivity contribution < 1.29 is 18.7 Å². The summed E-state index contributed by atoms with van der Waals surface area (Å²) < 4.78 is 19.5. The number of hydrogen-bond donors (Lipinski definition) is 0. The Morgan fingerprint density at radius 2 is 1.92 bits per heavy atom. The zero-order valence-electron chi connectivity index (χ0n) is 14.3. The standard InChI is InChI=1S/C18H15FN2O4S/c1-9-13-16(20-8-21(3)17(13)23)26-15(9)18(24)25-10(2)14(22)11-4-6-12(19)7-5-11/h4-8,10H,1-3H3. The fourth-order valence-electron chi connectivity index (χ4n) is 2.52. The van der Waals surface area contributed by atoms with Crippen LogP contribution in [0.4, 0.5) is 4.39 Å². The lowest BCUT2D eigenvalue weighted by molar-refractivity contribution is 0.0323. The highest BCUT2D eigenvalue weighted by molar-refractivity contribution is 7.20. The molecule has 0 saturated heterocycles. The van der Waals surface area contributed by atoms with Gasteiger partial charge in [0.1, 0.15) is 15.5 Å². The first-order valence-corrected chi connectivity index (χ1v) is 8.56. The maximum Gasteiger partial charge on any atom is 0.349 e. The van der Waals surface area contributed by atoms with Crippen LogP contribution in [-0.2, 0) is 11.8 Å². The van der Waals surface area contributed by atoms with Gasteiger partial charge in [-0.25, -0.2) is 14.2 Å². The fraction of sp³-hybridized carbons (Fsp3) is 0.222. The van der Waals surface area contributed by atoms with Crippen molar-refractivity contribution in [3.8, 4) is 0 Å². The first-order chi connectivity index (χ1) is 12.3. The number of ether oxygens (including phenoxy) is 1. The number of hydrogen-bond acceptors (Lipinski definition) is 6. The third-order valence-electron chi connectivity index (χ3n) is 3.98. The lowest BCUT2D eigenvalue weighted by atomic mass is 10.1. The molecule has 2 aromatic heterocycles. The van der Waals surface area contributed by atoms with E-state index in [-0.39, 0.29) is 16.0 Å². The molecule has 0 bridgehead atoms. The van der Waals surface area contributed by atoms with Crippen LogP contribution in [-0.4, -0.2) is 27.4 Å². The molecule has 0 aliphatic heterocycles. The van der Waals surface area contributed by atoms with Gasteiger partial charge >= 0.3 is 5.97 Å². The first kappa shape index (κ1) is 17.9. The minimum Gasteiger partial charge on any atom is -0.450 e. The molecule has 134 valence electrons. The van der Waals surface area contributed by atoms with Crippen molar-refractivity contribution in [1.82, 2.24) is 9.55 Å². The van der Waals surface area contributed by atoms with Crippen LogP contribution in [0.1, 0.15) is 32.5 Å². The Labute approximate surface area is 151 Å². The van der Waals surface area contributed by atoms with Gasteiger partial charge in [0.2, 0.25) is 5.78 Å². The predicted molar refractivity (Wildman–Crippen MR) is 95.2 cm³/mol. The lowest BCUT2D eigenvalue weighted by Crippen LogP contribution is -2.24. The Morgan fingerprint density at radius 1 is 1.27 bits per heavy atom. The molecule has 0 aliphatic rings. The van der Waals surface area contributed by atoms with Gasteiger partial charge in [0.15, 0.2) is 6.10 Å². The molecule has 0 spiro atoms. The molecule has 3 rings (SSSR count). The number of ketones is 1. The molecule has 6 nitrogen and oxygen atoms in total. The van der Waals surface area contributed by atoms with Crippen molar-refractivity contribution in [1.29, 1.82) is 0 Å². The summed E-state index contributed by atoms with van der Waals surface area (Å²) in [5, 5.41) is 0.365. The third kappa shape index (κ3) is 3.15. The van der Waals surface area contributed by atoms with Gasteiger partial charge in [-0.3, -0.25) is 9.59 Å². The molecule has 3 aromatic rings. The van der Waals surface area contributed by atoms with Gasteiger partial charge < -0.3 is 9.30 Å². The molecule has 0 fully saturated rings. The van der Waals surface area contributed by atoms with E-state index in [0.29, 0.717) is 15.8 Å². The highest BCUT2D eigenvalue weighted by Crippen LogP contribution is 2.27. The molecule has 1 aromatic carbocycles. The van der Waals surface area contributed by atoms with Crippen molar-refractivity contribution in [3.63, 3.8) is 0 Å². The highest BCUT2D eigenvalue weighted by Gasteiger charge is 2.25. The van der Waals surface area contributed by atoms with Gasteiger partial charge in [-0.1, -0.05) is 0 Å². The second-order valence-corrected chi connectivity index (χ2v) is 6.81. The monoisotopic (exact) mass is 374 g/mol. The summed E-state index contributed by atoms with van der Waals surface area (Å²) in [7, 11) is 1.58. The van der Waals surface area contributed by atoms with Crippen molar-refractivity contribution >= 4 is 33.3 Å². The molecule has 2 heterocycles. The molecule has 0 radical (unpaired) electrons. The van der Waals surface area contributed by atoms with Crippen LogP contribution in [0.3, 0.4) is 0 Å². The molecule has 1 atom stereocenters. The van der Waals surface area contributed by atoms with Crippen LogP contribution in [0.25, 0.3) is 10.2 Å². The van der Waals surface area contributed by atoms with E-state index in [1.54, 1.807) is 14.0 Å². The number of carbonyl (C=O) groups excluding carboxylic acids is 2. The van der Waals surface area contributed by atoms with E-state index in [2.05, 4.69) is 4.98 Å². The maximum atomic E-state index is 13.0. The summed E-state index contributed by atoms with van der Waals surface area (Å²) in [6, 6.07) is 5.00. The number of carbonyl (C=O) groups is 2. The highest BCUT2D eigenvalue weighted by atomic mass is 32.1. The Bertz CT molecular complexity index is 1070. The number of esters is 1. The van der Waals surface area contributed by atoms with Gasteiger partial charge in [-0.05, 0) is 43.7 Å². The molecule has 26 heavy (non-hydrogen) atoms. The zero-order chi connectivity index (χ0) is 19.0. The summed E-state index contributed by atoms with van der Waals surface area (Å²) >= 11 is 1.05. The van der Waals surface area contributed by atoms with E-state index in [9.17, 15) is 18.8 Å². The number of aryl methyl sites for hydroxylation is 2. The van der Waals surface area contributed by atoms with Gasteiger partial charge in [-0.15, -0.1) is 11.3 Å². The van der Waals surface area contributed by atoms with Crippen LogP contribution in [0, 0.1) is 12.7 Å². The number of halogens is 1. The summed E-state index contributed by atoms with van der Waals surface area (Å²) in [4.78, 5) is 41.8. The molecular weight excluding hydrogens is 359 g/mol. The molecule has 1 unspecified atom stereocenters. The van der Waals surface area contributed by atoms with Crippen molar-refractivity contribution in [2.24, 2.45) is 7.05 Å². The van der Waals surface area contributed by atoms with E-state index in [4.69, 9.17) is 4.74 Å². The molecule has 0 N–H and O–H groups in total. The maximum absolute atomic E-state index is 13.0. The van der Waals surface area contributed by atoms with Crippen molar-refractivity contribution in [2.45, 2.75) is 20.0 Å². The Hall–Kier alpha value is -2.87. The van der Waals surface area contributed by atoms with Crippen LogP contribution < -0.4 is 5.56 Å². The average molecular weight is 374 g/mol. The largest absolute Gasteiger partial charge is 0.450 e. The Kier molecular flexibility index (Phi) is 4.69. The first-order valence-electron chi connectivity index (χ1n) is 7.75. The van der Waals surface area contributed by atoms with E-state index in [0.717, 1.165) is 11.3 Å². The number of benzene rings is 1. The fourth-order valence-corrected chi connectivity index (χ4v) is 3.54. The van der Waals surface area contributed by atoms with E-state index >= 15 is 0 Å². The van der Waals surface area contributed by atoms with Crippen LogP contribution in [0.2, 0.25) is 0 Å². The molecule has 0 saturated carbocycles. The predicted octanol–water partition coefficient (Wildman–Crippen LogP) is 2.87. The minimum atomic E-state index is -1.05. The smallest absolute Gasteiger partial charge is 0.349 e. The van der Waals surface area contributed by atoms with E-state index in [1.165, 1.54) is 42.1 Å². The van der Waals surface area contributed by atoms with Crippen molar-refractivity contribution in [3.05, 3.63) is 62.8 Å². The topological polar surface area (TPSA) is 78.3 Å². The molecule has 0 aliphatic carbocycles. The summed E-state index contributed by atoms with van der Waals surface area (Å²) in [5.74, 6) is -1.59. The number of Topliss-reactive ketones (excluding diaryl/α,β-unsaturated/α-hetero) is 1.